The lowest BCUT2D eigenvalue weighted by Gasteiger charge is -2.50. The van der Waals surface area contributed by atoms with Gasteiger partial charge in [0.15, 0.2) is 5.72 Å². The zero-order valence-electron chi connectivity index (χ0n) is 22.3. The Labute approximate surface area is 218 Å². The molecular formula is C31H33N3O3. The second-order valence-electron chi connectivity index (χ2n) is 11.6. The third-order valence-electron chi connectivity index (χ3n) is 9.14. The number of nitrogens with zero attached hydrogens (tertiary/aromatic N) is 3. The molecule has 37 heavy (non-hydrogen) atoms. The van der Waals surface area contributed by atoms with Crippen LogP contribution in [-0.4, -0.2) is 24.7 Å². The number of allylic oxidation sites excluding steroid dienone is 2. The predicted octanol–water partition coefficient (Wildman–Crippen LogP) is 6.90. The minimum absolute atomic E-state index is 0.0780. The van der Waals surface area contributed by atoms with Crippen molar-refractivity contribution in [3.63, 3.8) is 0 Å². The van der Waals surface area contributed by atoms with Crippen LogP contribution < -0.4 is 14.5 Å². The largest absolute Gasteiger partial charge is 0.467 e. The molecule has 6 nitrogen and oxygen atoms in total. The van der Waals surface area contributed by atoms with Crippen molar-refractivity contribution in [1.82, 2.24) is 0 Å². The van der Waals surface area contributed by atoms with Crippen LogP contribution in [0.25, 0.3) is 0 Å². The molecule has 0 amide bonds. The van der Waals surface area contributed by atoms with Crippen LogP contribution in [0.2, 0.25) is 0 Å². The van der Waals surface area contributed by atoms with Crippen LogP contribution in [0, 0.1) is 10.1 Å². The Balaban J connectivity index is 1.54. The van der Waals surface area contributed by atoms with E-state index in [2.05, 4.69) is 106 Å². The number of ether oxygens (including phenoxy) is 1. The van der Waals surface area contributed by atoms with E-state index in [1.807, 2.05) is 0 Å². The molecule has 0 aromatic heterocycles. The van der Waals surface area contributed by atoms with E-state index < -0.39 is 5.72 Å². The fourth-order valence-corrected chi connectivity index (χ4v) is 7.01. The molecular weight excluding hydrogens is 462 g/mol. The van der Waals surface area contributed by atoms with Crippen molar-refractivity contribution >= 4 is 17.1 Å². The Kier molecular flexibility index (Phi) is 4.85. The van der Waals surface area contributed by atoms with E-state index in [9.17, 15) is 10.1 Å². The summed E-state index contributed by atoms with van der Waals surface area (Å²) in [5.41, 5.74) is 5.90. The minimum atomic E-state index is -0.643. The third-order valence-corrected chi connectivity index (χ3v) is 9.14. The number of rotatable bonds is 2. The number of likely N-dealkylation sites (N-methyl/N-ethyl adjacent to an activating group) is 2. The van der Waals surface area contributed by atoms with Gasteiger partial charge in [0.25, 0.3) is 5.69 Å². The maximum Gasteiger partial charge on any atom is 0.269 e. The molecule has 0 unspecified atom stereocenters. The molecule has 3 aromatic carbocycles. The van der Waals surface area contributed by atoms with E-state index in [1.165, 1.54) is 22.5 Å². The smallest absolute Gasteiger partial charge is 0.269 e. The summed E-state index contributed by atoms with van der Waals surface area (Å²) >= 11 is 0. The molecule has 0 fully saturated rings. The van der Waals surface area contributed by atoms with Crippen LogP contribution in [0.3, 0.4) is 0 Å². The van der Waals surface area contributed by atoms with Crippen molar-refractivity contribution in [2.75, 3.05) is 23.9 Å². The Morgan fingerprint density at radius 1 is 0.946 bits per heavy atom. The highest BCUT2D eigenvalue weighted by molar-refractivity contribution is 5.71. The Morgan fingerprint density at radius 2 is 1.59 bits per heavy atom. The van der Waals surface area contributed by atoms with Crippen LogP contribution >= 0.6 is 0 Å². The van der Waals surface area contributed by atoms with Gasteiger partial charge in [-0.2, -0.15) is 0 Å². The molecule has 3 aromatic rings. The molecule has 0 radical (unpaired) electrons. The van der Waals surface area contributed by atoms with Crippen LogP contribution in [0.1, 0.15) is 56.7 Å². The van der Waals surface area contributed by atoms with Crippen molar-refractivity contribution in [2.24, 2.45) is 0 Å². The molecule has 0 N–H and O–H groups in total. The first-order valence-electron chi connectivity index (χ1n) is 12.9. The lowest BCUT2D eigenvalue weighted by atomic mass is 9.70. The number of para-hydroxylation sites is 2. The zero-order valence-corrected chi connectivity index (χ0v) is 22.3. The number of non-ortho nitro benzene ring substituents is 1. The van der Waals surface area contributed by atoms with E-state index in [-0.39, 0.29) is 27.4 Å². The first-order valence-corrected chi connectivity index (χ1v) is 12.9. The molecule has 3 aliphatic rings. The first-order chi connectivity index (χ1) is 17.5. The molecule has 3 aliphatic heterocycles. The Hall–Kier alpha value is -3.80. The fraction of sp³-hybridized carbons (Fsp3) is 0.355. The summed E-state index contributed by atoms with van der Waals surface area (Å²) in [5.74, 6) is 0.633. The number of hydrogen-bond donors (Lipinski definition) is 0. The van der Waals surface area contributed by atoms with Gasteiger partial charge in [0.05, 0.1) is 10.3 Å². The number of benzene rings is 3. The van der Waals surface area contributed by atoms with Gasteiger partial charge in [-0.15, -0.1) is 0 Å². The molecule has 0 saturated heterocycles. The number of fused-ring (bicyclic) bond motifs is 3. The summed E-state index contributed by atoms with van der Waals surface area (Å²) in [7, 11) is 4.22. The number of nitro groups is 1. The summed E-state index contributed by atoms with van der Waals surface area (Å²) < 4.78 is 6.92. The van der Waals surface area contributed by atoms with Crippen molar-refractivity contribution in [3.8, 4) is 5.75 Å². The van der Waals surface area contributed by atoms with E-state index in [0.29, 0.717) is 12.2 Å². The third kappa shape index (κ3) is 3.05. The van der Waals surface area contributed by atoms with Gasteiger partial charge in [0.1, 0.15) is 5.75 Å². The van der Waals surface area contributed by atoms with E-state index in [0.717, 1.165) is 11.3 Å². The number of nitro benzene ring substituents is 1. The van der Waals surface area contributed by atoms with Crippen LogP contribution in [0.15, 0.2) is 78.5 Å². The highest BCUT2D eigenvalue weighted by atomic mass is 16.6. The second-order valence-corrected chi connectivity index (χ2v) is 11.6. The summed E-state index contributed by atoms with van der Waals surface area (Å²) in [6.45, 7) is 9.01. The van der Waals surface area contributed by atoms with Gasteiger partial charge in [-0.3, -0.25) is 10.1 Å². The monoisotopic (exact) mass is 495 g/mol. The minimum Gasteiger partial charge on any atom is -0.467 e. The van der Waals surface area contributed by atoms with Crippen LogP contribution in [0.4, 0.5) is 17.1 Å². The number of anilines is 2. The van der Waals surface area contributed by atoms with Gasteiger partial charge in [-0.25, -0.2) is 0 Å². The quantitative estimate of drug-likeness (QED) is 0.286. The molecule has 0 saturated carbocycles. The van der Waals surface area contributed by atoms with Gasteiger partial charge in [-0.05, 0) is 43.2 Å². The van der Waals surface area contributed by atoms with E-state index in [4.69, 9.17) is 4.74 Å². The SMILES string of the molecule is CN1/C(=C/[C@H]2C[C@]3(Oc4ccc([N+](=O)[O-])cc42)N(C)c2ccccc2C3(C)C)C(C)(C)c2ccccc21. The molecule has 2 atom stereocenters. The van der Waals surface area contributed by atoms with E-state index >= 15 is 0 Å². The van der Waals surface area contributed by atoms with Crippen molar-refractivity contribution in [1.29, 1.82) is 0 Å². The molecule has 0 bridgehead atoms. The molecule has 1 spiro atoms. The van der Waals surface area contributed by atoms with Crippen LogP contribution in [-0.2, 0) is 10.8 Å². The van der Waals surface area contributed by atoms with Crippen molar-refractivity contribution in [2.45, 2.75) is 56.6 Å². The van der Waals surface area contributed by atoms with Gasteiger partial charge >= 0.3 is 0 Å². The molecule has 3 heterocycles. The molecule has 6 rings (SSSR count). The molecule has 0 aliphatic carbocycles. The highest BCUT2D eigenvalue weighted by Gasteiger charge is 2.60. The predicted molar refractivity (Wildman–Crippen MR) is 148 cm³/mol. The first kappa shape index (κ1) is 23.6. The second kappa shape index (κ2) is 7.60. The maximum absolute atomic E-state index is 11.7. The van der Waals surface area contributed by atoms with Crippen LogP contribution in [0.5, 0.6) is 5.75 Å². The van der Waals surface area contributed by atoms with Gasteiger partial charge < -0.3 is 14.5 Å². The van der Waals surface area contributed by atoms with Crippen molar-refractivity contribution in [3.05, 3.63) is 105 Å². The normalized spacial score (nSPS) is 25.6. The van der Waals surface area contributed by atoms with E-state index in [1.54, 1.807) is 18.2 Å². The average molecular weight is 496 g/mol. The van der Waals surface area contributed by atoms with Gasteiger partial charge in [0.2, 0.25) is 0 Å². The summed E-state index contributed by atoms with van der Waals surface area (Å²) in [6.07, 6.45) is 3.00. The average Bonchev–Trinajstić information content (AvgIpc) is 3.17. The van der Waals surface area contributed by atoms with Crippen molar-refractivity contribution < 1.29 is 9.66 Å². The maximum atomic E-state index is 11.7. The lowest BCUT2D eigenvalue weighted by molar-refractivity contribution is -0.385. The fourth-order valence-electron chi connectivity index (χ4n) is 7.01. The zero-order chi connectivity index (χ0) is 26.3. The number of hydrogen-bond acceptors (Lipinski definition) is 5. The highest BCUT2D eigenvalue weighted by Crippen LogP contribution is 2.59. The summed E-state index contributed by atoms with van der Waals surface area (Å²) in [5, 5.41) is 11.7. The lowest BCUT2D eigenvalue weighted by Crippen LogP contribution is -2.61. The summed E-state index contributed by atoms with van der Waals surface area (Å²) in [6, 6.07) is 22.0. The topological polar surface area (TPSA) is 58.9 Å². The Bertz CT molecular complexity index is 1470. The molecule has 6 heteroatoms. The van der Waals surface area contributed by atoms with Gasteiger partial charge in [0, 0.05) is 66.6 Å². The van der Waals surface area contributed by atoms with Gasteiger partial charge in [-0.1, -0.05) is 56.3 Å². The standard InChI is InChI=1S/C31H33N3O3/c1-29(2)23-11-7-9-13-25(23)32(5)28(29)17-20-19-31(37-27-16-15-21(34(35)36)18-22(20)27)30(3,4)24-12-8-10-14-26(24)33(31)6/h7-18,20H,19H2,1-6H3/b28-17+/t20-,31+/m0/s1. The molecule has 190 valence electrons. The Morgan fingerprint density at radius 3 is 2.24 bits per heavy atom. The summed E-state index contributed by atoms with van der Waals surface area (Å²) in [4.78, 5) is 16.0.